The molecule has 0 heterocycles. The van der Waals surface area contributed by atoms with E-state index in [0.717, 1.165) is 19.1 Å². The molecule has 0 bridgehead atoms. The number of nitrogens with one attached hydrogen (secondary N) is 1. The predicted octanol–water partition coefficient (Wildman–Crippen LogP) is 1.88. The third-order valence-electron chi connectivity index (χ3n) is 3.95. The molecular weight excluding hydrogens is 276 g/mol. The Morgan fingerprint density at radius 2 is 1.90 bits per heavy atom. The van der Waals surface area contributed by atoms with Gasteiger partial charge in [0.2, 0.25) is 0 Å². The fourth-order valence-corrected chi connectivity index (χ4v) is 2.92. The molecule has 0 aliphatic carbocycles. The molecule has 0 aliphatic rings. The Balaban J connectivity index is 3.00. The van der Waals surface area contributed by atoms with E-state index in [1.807, 2.05) is 13.8 Å². The van der Waals surface area contributed by atoms with Gasteiger partial charge in [0.15, 0.2) is 9.84 Å². The lowest BCUT2D eigenvalue weighted by atomic mass is 9.83. The van der Waals surface area contributed by atoms with Crippen LogP contribution < -0.4 is 11.1 Å². The number of aliphatic hydroxyl groups excluding tert-OH is 1. The summed E-state index contributed by atoms with van der Waals surface area (Å²) < 4.78 is 23.3. The highest BCUT2D eigenvalue weighted by molar-refractivity contribution is 7.90. The van der Waals surface area contributed by atoms with Crippen molar-refractivity contribution in [1.29, 1.82) is 0 Å². The normalized spacial score (nSPS) is 12.4. The highest BCUT2D eigenvalue weighted by Crippen LogP contribution is 2.30. The minimum absolute atomic E-state index is 0.0820. The number of rotatable bonds is 7. The summed E-state index contributed by atoms with van der Waals surface area (Å²) in [4.78, 5) is 0.130. The topological polar surface area (TPSA) is 92.4 Å². The van der Waals surface area contributed by atoms with Gasteiger partial charge in [-0.25, -0.2) is 8.42 Å². The fraction of sp³-hybridized carbons (Fsp3) is 0.571. The smallest absolute Gasteiger partial charge is 0.177 e. The molecule has 1 rings (SSSR count). The summed E-state index contributed by atoms with van der Waals surface area (Å²) in [7, 11) is -3.34. The van der Waals surface area contributed by atoms with Crippen LogP contribution in [0.3, 0.4) is 0 Å². The van der Waals surface area contributed by atoms with Crippen LogP contribution in [0, 0.1) is 5.41 Å². The number of benzene rings is 1. The maximum atomic E-state index is 11.6. The molecular formula is C14H24N2O3S. The van der Waals surface area contributed by atoms with Crippen LogP contribution in [0.25, 0.3) is 0 Å². The fourth-order valence-electron chi connectivity index (χ4n) is 2.08. The Morgan fingerprint density at radius 1 is 1.30 bits per heavy atom. The van der Waals surface area contributed by atoms with Crippen LogP contribution >= 0.6 is 0 Å². The number of anilines is 2. The summed E-state index contributed by atoms with van der Waals surface area (Å²) in [6.07, 6.45) is 2.80. The third-order valence-corrected chi connectivity index (χ3v) is 5.11. The van der Waals surface area contributed by atoms with Crippen molar-refractivity contribution in [2.45, 2.75) is 31.6 Å². The van der Waals surface area contributed by atoms with Gasteiger partial charge in [-0.1, -0.05) is 19.9 Å². The standard InChI is InChI=1S/C14H24N2O3S/c1-4-14(5-2,10-17)9-16-11-7-6-8-12(13(11)15)20(3,18)19/h6-8,16-17H,4-5,9-10,15H2,1-3H3. The Morgan fingerprint density at radius 3 is 2.35 bits per heavy atom. The number of nitrogens with two attached hydrogens (primary N) is 1. The summed E-state index contributed by atoms with van der Waals surface area (Å²) in [5.41, 5.74) is 6.53. The SMILES string of the molecule is CCC(CC)(CO)CNc1cccc(S(C)(=O)=O)c1N. The van der Waals surface area contributed by atoms with E-state index >= 15 is 0 Å². The minimum Gasteiger partial charge on any atom is -0.396 e. The third kappa shape index (κ3) is 3.64. The largest absolute Gasteiger partial charge is 0.396 e. The number of nitrogen functional groups attached to an aromatic ring is 1. The molecule has 0 saturated carbocycles. The van der Waals surface area contributed by atoms with Crippen molar-refractivity contribution < 1.29 is 13.5 Å². The van der Waals surface area contributed by atoms with Gasteiger partial charge in [0, 0.05) is 18.2 Å². The highest BCUT2D eigenvalue weighted by Gasteiger charge is 2.25. The molecule has 0 aliphatic heterocycles. The van der Waals surface area contributed by atoms with Gasteiger partial charge in [-0.3, -0.25) is 0 Å². The zero-order valence-electron chi connectivity index (χ0n) is 12.3. The van der Waals surface area contributed by atoms with E-state index in [-0.39, 0.29) is 22.6 Å². The predicted molar refractivity (Wildman–Crippen MR) is 82.6 cm³/mol. The van der Waals surface area contributed by atoms with Crippen molar-refractivity contribution >= 4 is 21.2 Å². The van der Waals surface area contributed by atoms with E-state index in [2.05, 4.69) is 5.32 Å². The molecule has 0 amide bonds. The zero-order chi connectivity index (χ0) is 15.4. The lowest BCUT2D eigenvalue weighted by molar-refractivity contribution is 0.127. The van der Waals surface area contributed by atoms with E-state index in [0.29, 0.717) is 12.2 Å². The molecule has 0 aromatic heterocycles. The Bertz CT molecular complexity index is 543. The second-order valence-corrected chi connectivity index (χ2v) is 7.19. The molecule has 1 aromatic carbocycles. The molecule has 1 aromatic rings. The first-order chi connectivity index (χ1) is 9.29. The molecule has 0 radical (unpaired) electrons. The van der Waals surface area contributed by atoms with Gasteiger partial charge < -0.3 is 16.2 Å². The van der Waals surface area contributed by atoms with E-state index in [4.69, 9.17) is 5.73 Å². The molecule has 0 spiro atoms. The summed E-state index contributed by atoms with van der Waals surface area (Å²) in [6.45, 7) is 4.68. The van der Waals surface area contributed by atoms with E-state index < -0.39 is 9.84 Å². The van der Waals surface area contributed by atoms with Crippen LogP contribution in [0.15, 0.2) is 23.1 Å². The molecule has 4 N–H and O–H groups in total. The second kappa shape index (κ2) is 6.45. The van der Waals surface area contributed by atoms with Crippen LogP contribution in [0.5, 0.6) is 0 Å². The zero-order valence-corrected chi connectivity index (χ0v) is 13.1. The van der Waals surface area contributed by atoms with Gasteiger partial charge in [0.25, 0.3) is 0 Å². The maximum Gasteiger partial charge on any atom is 0.177 e. The average Bonchev–Trinajstić information content (AvgIpc) is 2.41. The minimum atomic E-state index is -3.34. The first-order valence-corrected chi connectivity index (χ1v) is 8.62. The average molecular weight is 300 g/mol. The van der Waals surface area contributed by atoms with Gasteiger partial charge >= 0.3 is 0 Å². The number of para-hydroxylation sites is 1. The summed E-state index contributed by atoms with van der Waals surface area (Å²) in [6, 6.07) is 4.90. The molecule has 0 fully saturated rings. The van der Waals surface area contributed by atoms with Crippen LogP contribution in [-0.2, 0) is 9.84 Å². The number of sulfone groups is 1. The van der Waals surface area contributed by atoms with Crippen molar-refractivity contribution in [1.82, 2.24) is 0 Å². The number of aliphatic hydroxyl groups is 1. The van der Waals surface area contributed by atoms with Gasteiger partial charge in [0.1, 0.15) is 0 Å². The summed E-state index contributed by atoms with van der Waals surface area (Å²) in [5.74, 6) is 0. The molecule has 114 valence electrons. The molecule has 0 atom stereocenters. The van der Waals surface area contributed by atoms with Crippen LogP contribution in [-0.4, -0.2) is 32.9 Å². The first kappa shape index (κ1) is 16.8. The number of hydrogen-bond donors (Lipinski definition) is 3. The van der Waals surface area contributed by atoms with Crippen molar-refractivity contribution in [3.8, 4) is 0 Å². The summed E-state index contributed by atoms with van der Waals surface area (Å²) in [5, 5.41) is 12.7. The second-order valence-electron chi connectivity index (χ2n) is 5.21. The summed E-state index contributed by atoms with van der Waals surface area (Å²) >= 11 is 0. The number of hydrogen-bond acceptors (Lipinski definition) is 5. The highest BCUT2D eigenvalue weighted by atomic mass is 32.2. The van der Waals surface area contributed by atoms with Gasteiger partial charge in [0.05, 0.1) is 22.9 Å². The lowest BCUT2D eigenvalue weighted by Gasteiger charge is -2.30. The van der Waals surface area contributed by atoms with Crippen molar-refractivity contribution in [3.63, 3.8) is 0 Å². The Labute approximate surface area is 121 Å². The first-order valence-electron chi connectivity index (χ1n) is 6.73. The Kier molecular flexibility index (Phi) is 5.42. The molecule has 6 heteroatoms. The maximum absolute atomic E-state index is 11.6. The monoisotopic (exact) mass is 300 g/mol. The van der Waals surface area contributed by atoms with Gasteiger partial charge in [-0.15, -0.1) is 0 Å². The van der Waals surface area contributed by atoms with E-state index in [9.17, 15) is 13.5 Å². The van der Waals surface area contributed by atoms with Crippen LogP contribution in [0.1, 0.15) is 26.7 Å². The van der Waals surface area contributed by atoms with E-state index in [1.54, 1.807) is 12.1 Å². The molecule has 0 saturated heterocycles. The van der Waals surface area contributed by atoms with Gasteiger partial charge in [-0.2, -0.15) is 0 Å². The van der Waals surface area contributed by atoms with Crippen LogP contribution in [0.4, 0.5) is 11.4 Å². The lowest BCUT2D eigenvalue weighted by Crippen LogP contribution is -2.32. The quantitative estimate of drug-likeness (QED) is 0.669. The van der Waals surface area contributed by atoms with E-state index in [1.165, 1.54) is 6.07 Å². The van der Waals surface area contributed by atoms with Gasteiger partial charge in [-0.05, 0) is 25.0 Å². The van der Waals surface area contributed by atoms with Crippen molar-refractivity contribution in [2.75, 3.05) is 30.5 Å². The Hall–Kier alpha value is -1.27. The van der Waals surface area contributed by atoms with Crippen LogP contribution in [0.2, 0.25) is 0 Å². The molecule has 5 nitrogen and oxygen atoms in total. The van der Waals surface area contributed by atoms with Crippen molar-refractivity contribution in [3.05, 3.63) is 18.2 Å². The van der Waals surface area contributed by atoms with Crippen molar-refractivity contribution in [2.24, 2.45) is 5.41 Å². The molecule has 0 unspecified atom stereocenters. The molecule has 20 heavy (non-hydrogen) atoms.